The molecule has 0 saturated heterocycles. The van der Waals surface area contributed by atoms with E-state index in [1.807, 2.05) is 39.0 Å². The van der Waals surface area contributed by atoms with E-state index in [4.69, 9.17) is 18.9 Å². The molecule has 0 spiro atoms. The van der Waals surface area contributed by atoms with Gasteiger partial charge in [0.25, 0.3) is 0 Å². The molecule has 0 unspecified atom stereocenters. The van der Waals surface area contributed by atoms with Crippen LogP contribution in [0.2, 0.25) is 0 Å². The molecule has 8 heteroatoms. The predicted molar refractivity (Wildman–Crippen MR) is 220 cm³/mol. The Labute approximate surface area is 329 Å². The van der Waals surface area contributed by atoms with Gasteiger partial charge in [0.05, 0.1) is 26.4 Å². The molecule has 3 rings (SSSR count). The van der Waals surface area contributed by atoms with Crippen LogP contribution in [0.4, 0.5) is 0 Å². The highest BCUT2D eigenvalue weighted by Crippen LogP contribution is 2.42. The molecule has 2 N–H and O–H groups in total. The zero-order chi connectivity index (χ0) is 40.4. The van der Waals surface area contributed by atoms with Gasteiger partial charge >= 0.3 is 11.9 Å². The van der Waals surface area contributed by atoms with Gasteiger partial charge in [-0.1, -0.05) is 96.2 Å². The molecule has 0 aliphatic heterocycles. The molecule has 0 radical (unpaired) electrons. The lowest BCUT2D eigenvalue weighted by Crippen LogP contribution is -2.42. The first-order chi connectivity index (χ1) is 26.2. The third-order valence-electron chi connectivity index (χ3n) is 10.3. The normalized spacial score (nSPS) is 11.6. The minimum atomic E-state index is -0.635. The second kappa shape index (κ2) is 22.2. The average molecular weight is 757 g/mol. The number of ether oxygens (including phenoxy) is 4. The molecule has 0 saturated carbocycles. The maximum Gasteiger partial charge on any atom is 0.333 e. The van der Waals surface area contributed by atoms with Crippen molar-refractivity contribution in [1.82, 2.24) is 0 Å². The average Bonchev–Trinajstić information content (AvgIpc) is 3.16. The summed E-state index contributed by atoms with van der Waals surface area (Å²) in [6, 6.07) is 21.1. The van der Waals surface area contributed by atoms with E-state index in [0.29, 0.717) is 48.5 Å². The minimum Gasteiger partial charge on any atom is -0.493 e. The van der Waals surface area contributed by atoms with Crippen molar-refractivity contribution in [2.24, 2.45) is 10.8 Å². The van der Waals surface area contributed by atoms with Crippen LogP contribution in [0.3, 0.4) is 0 Å². The van der Waals surface area contributed by atoms with Crippen molar-refractivity contribution in [2.45, 2.75) is 99.3 Å². The van der Waals surface area contributed by atoms with Crippen molar-refractivity contribution < 1.29 is 38.7 Å². The summed E-state index contributed by atoms with van der Waals surface area (Å²) in [5, 5.41) is 20.4. The zero-order valence-corrected chi connectivity index (χ0v) is 34.1. The number of rotatable bonds is 24. The van der Waals surface area contributed by atoms with Crippen LogP contribution in [0.1, 0.15) is 95.9 Å². The van der Waals surface area contributed by atoms with Gasteiger partial charge in [-0.25, -0.2) is 9.59 Å². The summed E-state index contributed by atoms with van der Waals surface area (Å²) in [6.45, 7) is 19.4. The molecule has 3 aromatic carbocycles. The van der Waals surface area contributed by atoms with Gasteiger partial charge in [-0.2, -0.15) is 0 Å². The van der Waals surface area contributed by atoms with Crippen LogP contribution in [0.15, 0.2) is 85.0 Å². The van der Waals surface area contributed by atoms with Gasteiger partial charge in [0.2, 0.25) is 0 Å². The maximum absolute atomic E-state index is 12.2. The number of carbonyl (C=O) groups excluding carboxylic acids is 2. The number of esters is 2. The molecule has 300 valence electrons. The Morgan fingerprint density at radius 2 is 1.22 bits per heavy atom. The smallest absolute Gasteiger partial charge is 0.333 e. The number of aliphatic hydroxyl groups is 2. The first kappa shape index (κ1) is 45.0. The van der Waals surface area contributed by atoms with Gasteiger partial charge < -0.3 is 29.2 Å². The predicted octanol–water partition coefficient (Wildman–Crippen LogP) is 9.21. The van der Waals surface area contributed by atoms with Gasteiger partial charge in [-0.05, 0) is 104 Å². The highest BCUT2D eigenvalue weighted by molar-refractivity contribution is 5.87. The zero-order valence-electron chi connectivity index (χ0n) is 34.1. The Bertz CT molecular complexity index is 1690. The molecular weight excluding hydrogens is 693 g/mol. The highest BCUT2D eigenvalue weighted by Gasteiger charge is 2.40. The van der Waals surface area contributed by atoms with E-state index in [1.165, 1.54) is 30.4 Å². The van der Waals surface area contributed by atoms with E-state index in [0.717, 1.165) is 41.5 Å². The van der Waals surface area contributed by atoms with Crippen LogP contribution in [0, 0.1) is 10.8 Å². The molecule has 8 nitrogen and oxygen atoms in total. The van der Waals surface area contributed by atoms with Gasteiger partial charge in [0.15, 0.2) is 0 Å². The number of unbranched alkanes of at least 4 members (excludes halogenated alkanes) is 2. The lowest BCUT2D eigenvalue weighted by atomic mass is 9.65. The molecule has 0 aromatic heterocycles. The van der Waals surface area contributed by atoms with Crippen LogP contribution in [-0.2, 0) is 44.7 Å². The van der Waals surface area contributed by atoms with E-state index in [2.05, 4.69) is 62.5 Å². The van der Waals surface area contributed by atoms with E-state index in [-0.39, 0.29) is 38.4 Å². The van der Waals surface area contributed by atoms with E-state index in [1.54, 1.807) is 13.8 Å². The fourth-order valence-corrected chi connectivity index (χ4v) is 6.34. The third-order valence-corrected chi connectivity index (χ3v) is 10.3. The van der Waals surface area contributed by atoms with Gasteiger partial charge in [0.1, 0.15) is 24.7 Å². The third kappa shape index (κ3) is 14.0. The lowest BCUT2D eigenvalue weighted by Gasteiger charge is -2.42. The molecule has 3 aromatic rings. The lowest BCUT2D eigenvalue weighted by molar-refractivity contribution is -0.140. The highest BCUT2D eigenvalue weighted by atomic mass is 16.6. The van der Waals surface area contributed by atoms with Crippen LogP contribution >= 0.6 is 0 Å². The monoisotopic (exact) mass is 756 g/mol. The molecule has 0 aliphatic rings. The summed E-state index contributed by atoms with van der Waals surface area (Å²) < 4.78 is 23.3. The summed E-state index contributed by atoms with van der Waals surface area (Å²) in [5.74, 6) is 0.409. The van der Waals surface area contributed by atoms with E-state index < -0.39 is 17.4 Å². The van der Waals surface area contributed by atoms with Crippen molar-refractivity contribution in [2.75, 3.05) is 39.6 Å². The first-order valence-electron chi connectivity index (χ1n) is 19.7. The Kier molecular flexibility index (Phi) is 18.2. The summed E-state index contributed by atoms with van der Waals surface area (Å²) in [4.78, 5) is 24.2. The number of hydrogen-bond acceptors (Lipinski definition) is 8. The van der Waals surface area contributed by atoms with Gasteiger partial charge in [-0.3, -0.25) is 0 Å². The van der Waals surface area contributed by atoms with Crippen molar-refractivity contribution in [3.05, 3.63) is 107 Å². The van der Waals surface area contributed by atoms with Crippen LogP contribution in [0.5, 0.6) is 11.5 Å². The number of aliphatic hydroxyl groups excluding tert-OH is 2. The van der Waals surface area contributed by atoms with E-state index >= 15 is 0 Å². The number of benzene rings is 3. The topological polar surface area (TPSA) is 112 Å². The quantitative estimate of drug-likeness (QED) is 0.0529. The first-order valence-corrected chi connectivity index (χ1v) is 19.7. The summed E-state index contributed by atoms with van der Waals surface area (Å²) >= 11 is 0. The molecule has 0 atom stereocenters. The Morgan fingerprint density at radius 3 is 1.82 bits per heavy atom. The number of hydrogen-bond donors (Lipinski definition) is 2. The number of carbonyl (C=O) groups is 2. The fourth-order valence-electron chi connectivity index (χ4n) is 6.34. The van der Waals surface area contributed by atoms with Crippen LogP contribution in [0.25, 0.3) is 11.1 Å². The summed E-state index contributed by atoms with van der Waals surface area (Å²) in [7, 11) is 0. The molecule has 0 heterocycles. The fraction of sp³-hybridized carbons (Fsp3) is 0.489. The molecule has 0 bridgehead atoms. The number of aryl methyl sites for hydroxylation is 3. The molecule has 0 fully saturated rings. The Morgan fingerprint density at radius 1 is 0.636 bits per heavy atom. The van der Waals surface area contributed by atoms with E-state index in [9.17, 15) is 19.8 Å². The van der Waals surface area contributed by atoms with Crippen molar-refractivity contribution in [3.63, 3.8) is 0 Å². The van der Waals surface area contributed by atoms with Crippen LogP contribution in [-0.4, -0.2) is 61.8 Å². The largest absolute Gasteiger partial charge is 0.493 e. The molecule has 55 heavy (non-hydrogen) atoms. The molecular formula is C47H64O8. The SMILES string of the molecule is C=C(C)C(=O)OCCOc1cc(CCc2ccc(CCCCC)cc2)ccc1-c1ccc(OCCCC(CO)(CO)C(C)(C)C)c(CCOC(=O)C(=C)C)c1. The van der Waals surface area contributed by atoms with Gasteiger partial charge in [-0.15, -0.1) is 0 Å². The van der Waals surface area contributed by atoms with Crippen LogP contribution < -0.4 is 9.47 Å². The van der Waals surface area contributed by atoms with Crippen molar-refractivity contribution in [3.8, 4) is 22.6 Å². The maximum atomic E-state index is 12.2. The summed E-state index contributed by atoms with van der Waals surface area (Å²) in [5.41, 5.74) is 6.10. The second-order valence-electron chi connectivity index (χ2n) is 15.7. The Hall–Kier alpha value is -4.40. The summed E-state index contributed by atoms with van der Waals surface area (Å²) in [6.07, 6.45) is 8.13. The molecule has 0 amide bonds. The molecule has 0 aliphatic carbocycles. The standard InChI is InChI=1S/C47H64O8/c1-9-10-11-13-36-14-16-37(17-15-36)18-19-38-20-22-41(43(30-38)53-28-29-55-45(51)35(4)5)39-21-23-42(40(31-39)24-27-54-44(50)34(2)3)52-26-12-25-47(32-48,33-49)46(6,7)8/h14-17,20-23,30-31,48-49H,2,4,9-13,18-19,24-29,32-33H2,1,3,5-8H3. The Balaban J connectivity index is 1.87. The van der Waals surface area contributed by atoms with Crippen molar-refractivity contribution >= 4 is 11.9 Å². The van der Waals surface area contributed by atoms with Crippen molar-refractivity contribution in [1.29, 1.82) is 0 Å². The minimum absolute atomic E-state index is 0.0785. The second-order valence-corrected chi connectivity index (χ2v) is 15.7. The van der Waals surface area contributed by atoms with Gasteiger partial charge in [0, 0.05) is 28.5 Å².